The number of ether oxygens (including phenoxy) is 1. The van der Waals surface area contributed by atoms with Crippen molar-refractivity contribution in [3.05, 3.63) is 59.7 Å². The van der Waals surface area contributed by atoms with Crippen LogP contribution in [-0.2, 0) is 14.3 Å². The van der Waals surface area contributed by atoms with Crippen molar-refractivity contribution in [2.24, 2.45) is 5.92 Å². The van der Waals surface area contributed by atoms with Crippen LogP contribution in [-0.4, -0.2) is 53.3 Å². The molecule has 2 aromatic rings. The monoisotopic (exact) mass is 468 g/mol. The molecule has 1 fully saturated rings. The lowest BCUT2D eigenvalue weighted by Gasteiger charge is -2.32. The zero-order chi connectivity index (χ0) is 23.4. The normalized spacial score (nSPS) is 16.6. The maximum atomic E-state index is 12.8. The fourth-order valence-corrected chi connectivity index (χ4v) is 5.39. The second kappa shape index (κ2) is 10.3. The van der Waals surface area contributed by atoms with Gasteiger partial charge in [-0.15, -0.1) is 0 Å². The lowest BCUT2D eigenvalue weighted by Crippen LogP contribution is -2.52. The smallest absolute Gasteiger partial charge is 0.407 e. The molecule has 0 radical (unpaired) electrons. The molecular weight excluding hydrogens is 440 g/mol. The van der Waals surface area contributed by atoms with Crippen LogP contribution in [0.1, 0.15) is 36.8 Å². The van der Waals surface area contributed by atoms with Crippen LogP contribution in [0.5, 0.6) is 0 Å². The molecule has 1 aliphatic heterocycles. The maximum Gasteiger partial charge on any atom is 0.407 e. The number of carboxylic acids is 1. The SMILES string of the molecule is CC(NC(=O)C(CCC(=O)O)NC(=O)OCC1c2ccccc2-c2ccccc21)C1CSC1. The predicted molar refractivity (Wildman–Crippen MR) is 127 cm³/mol. The van der Waals surface area contributed by atoms with Gasteiger partial charge < -0.3 is 20.5 Å². The van der Waals surface area contributed by atoms with Crippen molar-refractivity contribution in [3.8, 4) is 11.1 Å². The number of hydrogen-bond acceptors (Lipinski definition) is 5. The van der Waals surface area contributed by atoms with Crippen molar-refractivity contribution in [2.75, 3.05) is 18.1 Å². The van der Waals surface area contributed by atoms with E-state index in [1.165, 1.54) is 0 Å². The molecule has 0 saturated carbocycles. The fourth-order valence-electron chi connectivity index (χ4n) is 4.30. The van der Waals surface area contributed by atoms with Crippen LogP contribution in [0.3, 0.4) is 0 Å². The third-order valence-electron chi connectivity index (χ3n) is 6.34. The Morgan fingerprint density at radius 1 is 1.03 bits per heavy atom. The Bertz CT molecular complexity index is 993. The zero-order valence-electron chi connectivity index (χ0n) is 18.5. The summed E-state index contributed by atoms with van der Waals surface area (Å²) in [5, 5.41) is 14.6. The van der Waals surface area contributed by atoms with Crippen LogP contribution in [0.4, 0.5) is 4.79 Å². The van der Waals surface area contributed by atoms with Crippen LogP contribution in [0.2, 0.25) is 0 Å². The largest absolute Gasteiger partial charge is 0.481 e. The Morgan fingerprint density at radius 3 is 2.18 bits per heavy atom. The Hall–Kier alpha value is -3.00. The van der Waals surface area contributed by atoms with Gasteiger partial charge in [-0.2, -0.15) is 11.8 Å². The summed E-state index contributed by atoms with van der Waals surface area (Å²) in [6.45, 7) is 2.06. The molecule has 2 amide bonds. The third kappa shape index (κ3) is 5.33. The number of hydrogen-bond donors (Lipinski definition) is 3. The predicted octanol–water partition coefficient (Wildman–Crippen LogP) is 3.63. The molecule has 4 rings (SSSR count). The van der Waals surface area contributed by atoms with Crippen LogP contribution in [0, 0.1) is 5.92 Å². The first kappa shape index (κ1) is 23.2. The van der Waals surface area contributed by atoms with Gasteiger partial charge in [0, 0.05) is 18.4 Å². The molecule has 33 heavy (non-hydrogen) atoms. The van der Waals surface area contributed by atoms with Gasteiger partial charge in [-0.1, -0.05) is 48.5 Å². The molecule has 0 spiro atoms. The van der Waals surface area contributed by atoms with Crippen LogP contribution < -0.4 is 10.6 Å². The molecular formula is C25H28N2O5S. The standard InChI is InChI=1S/C25H28N2O5S/c1-15(16-13-33-14-16)26-24(30)22(10-11-23(28)29)27-25(31)32-12-21-19-8-4-2-6-17(19)18-7-3-5-9-20(18)21/h2-9,15-16,21-22H,10-14H2,1H3,(H,26,30)(H,27,31)(H,28,29). The number of carboxylic acid groups (broad SMARTS) is 1. The quantitative estimate of drug-likeness (QED) is 0.519. The van der Waals surface area contributed by atoms with Crippen LogP contribution >= 0.6 is 11.8 Å². The molecule has 2 aromatic carbocycles. The molecule has 2 aliphatic rings. The van der Waals surface area contributed by atoms with Gasteiger partial charge >= 0.3 is 12.1 Å². The van der Waals surface area contributed by atoms with E-state index in [0.717, 1.165) is 33.8 Å². The van der Waals surface area contributed by atoms with Crippen molar-refractivity contribution in [3.63, 3.8) is 0 Å². The highest BCUT2D eigenvalue weighted by atomic mass is 32.2. The Morgan fingerprint density at radius 2 is 1.64 bits per heavy atom. The minimum Gasteiger partial charge on any atom is -0.481 e. The van der Waals surface area contributed by atoms with Gasteiger partial charge in [0.1, 0.15) is 12.6 Å². The molecule has 2 unspecified atom stereocenters. The van der Waals surface area contributed by atoms with E-state index in [-0.39, 0.29) is 37.3 Å². The summed E-state index contributed by atoms with van der Waals surface area (Å²) in [6, 6.07) is 15.1. The number of carbonyl (C=O) groups is 3. The summed E-state index contributed by atoms with van der Waals surface area (Å²) in [7, 11) is 0. The summed E-state index contributed by atoms with van der Waals surface area (Å²) in [4.78, 5) is 36.4. The van der Waals surface area contributed by atoms with Crippen molar-refractivity contribution in [2.45, 2.75) is 37.8 Å². The molecule has 174 valence electrons. The maximum absolute atomic E-state index is 12.8. The third-order valence-corrected chi connectivity index (χ3v) is 7.67. The molecule has 1 saturated heterocycles. The fraction of sp³-hybridized carbons (Fsp3) is 0.400. The van der Waals surface area contributed by atoms with E-state index in [0.29, 0.717) is 5.92 Å². The number of benzene rings is 2. The lowest BCUT2D eigenvalue weighted by atomic mass is 9.98. The zero-order valence-corrected chi connectivity index (χ0v) is 19.3. The molecule has 2 atom stereocenters. The van der Waals surface area contributed by atoms with Crippen molar-refractivity contribution in [1.29, 1.82) is 0 Å². The van der Waals surface area contributed by atoms with Crippen LogP contribution in [0.15, 0.2) is 48.5 Å². The van der Waals surface area contributed by atoms with Gasteiger partial charge in [-0.05, 0) is 53.0 Å². The summed E-state index contributed by atoms with van der Waals surface area (Å²) in [5.41, 5.74) is 4.45. The highest BCUT2D eigenvalue weighted by Gasteiger charge is 2.31. The minimum absolute atomic E-state index is 0.00248. The summed E-state index contributed by atoms with van der Waals surface area (Å²) in [6.07, 6.45) is -0.957. The molecule has 7 nitrogen and oxygen atoms in total. The summed E-state index contributed by atoms with van der Waals surface area (Å²) in [5.74, 6) is 0.876. The first-order valence-electron chi connectivity index (χ1n) is 11.2. The Kier molecular flexibility index (Phi) is 7.23. The Balaban J connectivity index is 1.39. The number of amides is 2. The van der Waals surface area contributed by atoms with E-state index >= 15 is 0 Å². The van der Waals surface area contributed by atoms with E-state index in [4.69, 9.17) is 9.84 Å². The summed E-state index contributed by atoms with van der Waals surface area (Å²) < 4.78 is 5.53. The average molecular weight is 469 g/mol. The average Bonchev–Trinajstić information content (AvgIpc) is 3.07. The van der Waals surface area contributed by atoms with Gasteiger partial charge in [0.25, 0.3) is 0 Å². The van der Waals surface area contributed by atoms with Crippen LogP contribution in [0.25, 0.3) is 11.1 Å². The second-order valence-electron chi connectivity index (χ2n) is 8.55. The van der Waals surface area contributed by atoms with E-state index in [1.54, 1.807) is 0 Å². The van der Waals surface area contributed by atoms with Gasteiger partial charge in [0.05, 0.1) is 0 Å². The number of rotatable bonds is 9. The number of fused-ring (bicyclic) bond motifs is 3. The first-order chi connectivity index (χ1) is 15.9. The van der Waals surface area contributed by atoms with E-state index < -0.39 is 18.1 Å². The molecule has 3 N–H and O–H groups in total. The molecule has 8 heteroatoms. The minimum atomic E-state index is -1.02. The highest BCUT2D eigenvalue weighted by molar-refractivity contribution is 8.00. The molecule has 0 aromatic heterocycles. The summed E-state index contributed by atoms with van der Waals surface area (Å²) >= 11 is 1.82. The lowest BCUT2D eigenvalue weighted by molar-refractivity contribution is -0.137. The van der Waals surface area contributed by atoms with Crippen molar-refractivity contribution in [1.82, 2.24) is 10.6 Å². The molecule has 1 aliphatic carbocycles. The second-order valence-corrected chi connectivity index (χ2v) is 9.62. The van der Waals surface area contributed by atoms with E-state index in [1.807, 2.05) is 55.1 Å². The first-order valence-corrected chi connectivity index (χ1v) is 12.3. The number of aliphatic carboxylic acids is 1. The molecule has 0 bridgehead atoms. The van der Waals surface area contributed by atoms with Crippen molar-refractivity contribution >= 4 is 29.7 Å². The number of nitrogens with one attached hydrogen (secondary N) is 2. The highest BCUT2D eigenvalue weighted by Crippen LogP contribution is 2.44. The van der Waals surface area contributed by atoms with Gasteiger partial charge in [-0.25, -0.2) is 4.79 Å². The van der Waals surface area contributed by atoms with Gasteiger partial charge in [-0.3, -0.25) is 9.59 Å². The number of thioether (sulfide) groups is 1. The van der Waals surface area contributed by atoms with E-state index in [2.05, 4.69) is 22.8 Å². The Labute approximate surface area is 197 Å². The molecule has 1 heterocycles. The number of carbonyl (C=O) groups excluding carboxylic acids is 2. The topological polar surface area (TPSA) is 105 Å². The van der Waals surface area contributed by atoms with Gasteiger partial charge in [0.2, 0.25) is 5.91 Å². The van der Waals surface area contributed by atoms with Crippen molar-refractivity contribution < 1.29 is 24.2 Å². The van der Waals surface area contributed by atoms with E-state index in [9.17, 15) is 14.4 Å². The number of alkyl carbamates (subject to hydrolysis) is 1. The van der Waals surface area contributed by atoms with Gasteiger partial charge in [0.15, 0.2) is 0 Å².